The molecule has 1 aliphatic heterocycles. The van der Waals surface area contributed by atoms with Gasteiger partial charge in [0.25, 0.3) is 0 Å². The van der Waals surface area contributed by atoms with E-state index in [1.807, 2.05) is 0 Å². The number of amides is 3. The Bertz CT molecular complexity index is 510. The molecule has 6 heteroatoms. The normalized spacial score (nSPS) is 17.8. The lowest BCUT2D eigenvalue weighted by Crippen LogP contribution is -2.35. The number of rotatable bonds is 4. The Hall–Kier alpha value is -2.08. The summed E-state index contributed by atoms with van der Waals surface area (Å²) >= 11 is 0. The molecule has 0 saturated carbocycles. The van der Waals surface area contributed by atoms with Crippen molar-refractivity contribution in [1.82, 2.24) is 5.32 Å². The molecule has 1 unspecified atom stereocenters. The number of carbonyl (C=O) groups excluding carboxylic acids is 2. The highest BCUT2D eigenvalue weighted by atomic mass is 16.5. The van der Waals surface area contributed by atoms with E-state index in [-0.39, 0.29) is 12.1 Å². The summed E-state index contributed by atoms with van der Waals surface area (Å²) in [4.78, 5) is 22.8. The molecular weight excluding hydrogens is 258 g/mol. The molecule has 108 valence electrons. The third-order valence-electron chi connectivity index (χ3n) is 3.26. The predicted molar refractivity (Wildman–Crippen MR) is 75.7 cm³/mol. The molecule has 1 aromatic rings. The highest BCUT2D eigenvalue weighted by Gasteiger charge is 2.16. The molecule has 0 radical (unpaired) electrons. The zero-order chi connectivity index (χ0) is 14.5. The summed E-state index contributed by atoms with van der Waals surface area (Å²) in [6.07, 6.45) is 2.13. The maximum Gasteiger partial charge on any atom is 0.319 e. The van der Waals surface area contributed by atoms with Gasteiger partial charge in [0.2, 0.25) is 5.91 Å². The molecule has 0 aliphatic carbocycles. The van der Waals surface area contributed by atoms with Gasteiger partial charge in [-0.15, -0.1) is 0 Å². The highest BCUT2D eigenvalue weighted by Crippen LogP contribution is 2.15. The molecule has 1 saturated heterocycles. The molecule has 1 atom stereocenters. The molecule has 3 amide bonds. The van der Waals surface area contributed by atoms with Crippen LogP contribution in [0, 0.1) is 6.92 Å². The summed E-state index contributed by atoms with van der Waals surface area (Å²) in [7, 11) is 0. The fourth-order valence-corrected chi connectivity index (χ4v) is 2.21. The third-order valence-corrected chi connectivity index (χ3v) is 3.26. The van der Waals surface area contributed by atoms with Crippen LogP contribution in [0.3, 0.4) is 0 Å². The van der Waals surface area contributed by atoms with Gasteiger partial charge in [0.15, 0.2) is 0 Å². The van der Waals surface area contributed by atoms with Crippen molar-refractivity contribution in [2.75, 3.05) is 18.5 Å². The van der Waals surface area contributed by atoms with Gasteiger partial charge in [-0.3, -0.25) is 4.79 Å². The molecular formula is C14H19N3O3. The predicted octanol–water partition coefficient (Wildman–Crippen LogP) is 1.39. The Labute approximate surface area is 117 Å². The molecule has 4 N–H and O–H groups in total. The van der Waals surface area contributed by atoms with Gasteiger partial charge in [-0.05, 0) is 43.5 Å². The number of aryl methyl sites for hydroxylation is 1. The first kappa shape index (κ1) is 14.3. The minimum Gasteiger partial charge on any atom is -0.376 e. The SMILES string of the molecule is Cc1cc(NC(=O)NCC2CCCO2)ccc1C(N)=O. The van der Waals surface area contributed by atoms with Gasteiger partial charge in [0.05, 0.1) is 6.10 Å². The van der Waals surface area contributed by atoms with Gasteiger partial charge in [-0.25, -0.2) is 4.79 Å². The standard InChI is InChI=1S/C14H19N3O3/c1-9-7-10(4-5-12(9)13(15)18)17-14(19)16-8-11-3-2-6-20-11/h4-5,7,11H,2-3,6,8H2,1H3,(H2,15,18)(H2,16,17,19). The van der Waals surface area contributed by atoms with E-state index in [0.29, 0.717) is 17.8 Å². The molecule has 1 aliphatic rings. The summed E-state index contributed by atoms with van der Waals surface area (Å²) < 4.78 is 5.42. The van der Waals surface area contributed by atoms with Gasteiger partial charge in [-0.2, -0.15) is 0 Å². The molecule has 1 fully saturated rings. The first-order chi connectivity index (χ1) is 9.56. The first-order valence-corrected chi connectivity index (χ1v) is 6.63. The van der Waals surface area contributed by atoms with E-state index in [4.69, 9.17) is 10.5 Å². The van der Waals surface area contributed by atoms with Crippen LogP contribution in [-0.2, 0) is 4.74 Å². The number of anilines is 1. The van der Waals surface area contributed by atoms with Crippen LogP contribution >= 0.6 is 0 Å². The zero-order valence-corrected chi connectivity index (χ0v) is 11.4. The van der Waals surface area contributed by atoms with Crippen molar-refractivity contribution >= 4 is 17.6 Å². The minimum absolute atomic E-state index is 0.111. The summed E-state index contributed by atoms with van der Waals surface area (Å²) in [6, 6.07) is 4.68. The van der Waals surface area contributed by atoms with E-state index < -0.39 is 5.91 Å². The Morgan fingerprint density at radius 2 is 2.25 bits per heavy atom. The average molecular weight is 277 g/mol. The van der Waals surface area contributed by atoms with Crippen molar-refractivity contribution in [3.63, 3.8) is 0 Å². The van der Waals surface area contributed by atoms with Crippen molar-refractivity contribution in [3.05, 3.63) is 29.3 Å². The van der Waals surface area contributed by atoms with Gasteiger partial charge in [0.1, 0.15) is 0 Å². The van der Waals surface area contributed by atoms with Crippen LogP contribution in [0.4, 0.5) is 10.5 Å². The Morgan fingerprint density at radius 3 is 2.85 bits per heavy atom. The lowest BCUT2D eigenvalue weighted by atomic mass is 10.1. The van der Waals surface area contributed by atoms with Crippen LogP contribution < -0.4 is 16.4 Å². The van der Waals surface area contributed by atoms with Crippen molar-refractivity contribution in [2.24, 2.45) is 5.73 Å². The monoisotopic (exact) mass is 277 g/mol. The molecule has 0 spiro atoms. The number of urea groups is 1. The van der Waals surface area contributed by atoms with E-state index in [1.54, 1.807) is 25.1 Å². The van der Waals surface area contributed by atoms with E-state index in [9.17, 15) is 9.59 Å². The van der Waals surface area contributed by atoms with E-state index in [0.717, 1.165) is 25.0 Å². The second kappa shape index (κ2) is 6.38. The molecule has 0 bridgehead atoms. The summed E-state index contributed by atoms with van der Waals surface area (Å²) in [5.74, 6) is -0.475. The smallest absolute Gasteiger partial charge is 0.319 e. The number of hydrogen-bond acceptors (Lipinski definition) is 3. The van der Waals surface area contributed by atoms with Crippen molar-refractivity contribution in [3.8, 4) is 0 Å². The summed E-state index contributed by atoms with van der Waals surface area (Å²) in [5, 5.41) is 5.48. The molecule has 20 heavy (non-hydrogen) atoms. The van der Waals surface area contributed by atoms with Crippen LogP contribution in [0.5, 0.6) is 0 Å². The molecule has 1 aromatic carbocycles. The minimum atomic E-state index is -0.475. The average Bonchev–Trinajstić information content (AvgIpc) is 2.89. The Kier molecular flexibility index (Phi) is 4.57. The van der Waals surface area contributed by atoms with Crippen molar-refractivity contribution in [2.45, 2.75) is 25.9 Å². The second-order valence-electron chi connectivity index (χ2n) is 4.86. The Balaban J connectivity index is 1.87. The number of nitrogens with two attached hydrogens (primary N) is 1. The fourth-order valence-electron chi connectivity index (χ4n) is 2.21. The number of hydrogen-bond donors (Lipinski definition) is 3. The summed E-state index contributed by atoms with van der Waals surface area (Å²) in [6.45, 7) is 3.04. The number of nitrogens with one attached hydrogen (secondary N) is 2. The molecule has 2 rings (SSSR count). The highest BCUT2D eigenvalue weighted by molar-refractivity contribution is 5.95. The van der Waals surface area contributed by atoms with Gasteiger partial charge < -0.3 is 21.1 Å². The van der Waals surface area contributed by atoms with Crippen LogP contribution in [0.25, 0.3) is 0 Å². The van der Waals surface area contributed by atoms with E-state index >= 15 is 0 Å². The van der Waals surface area contributed by atoms with Crippen LogP contribution in [0.1, 0.15) is 28.8 Å². The molecule has 1 heterocycles. The summed E-state index contributed by atoms with van der Waals surface area (Å²) in [5.41, 5.74) is 7.04. The maximum atomic E-state index is 11.7. The van der Waals surface area contributed by atoms with E-state index in [2.05, 4.69) is 10.6 Å². The second-order valence-corrected chi connectivity index (χ2v) is 4.86. The lowest BCUT2D eigenvalue weighted by molar-refractivity contribution is 0.0999. The van der Waals surface area contributed by atoms with Crippen LogP contribution in [0.15, 0.2) is 18.2 Å². The maximum absolute atomic E-state index is 11.7. The van der Waals surface area contributed by atoms with Crippen molar-refractivity contribution in [1.29, 1.82) is 0 Å². The number of carbonyl (C=O) groups is 2. The van der Waals surface area contributed by atoms with Gasteiger partial charge >= 0.3 is 6.03 Å². The number of ether oxygens (including phenoxy) is 1. The third kappa shape index (κ3) is 3.71. The lowest BCUT2D eigenvalue weighted by Gasteiger charge is -2.12. The van der Waals surface area contributed by atoms with E-state index in [1.165, 1.54) is 0 Å². The van der Waals surface area contributed by atoms with Crippen LogP contribution in [0.2, 0.25) is 0 Å². The number of primary amides is 1. The van der Waals surface area contributed by atoms with Gasteiger partial charge in [0, 0.05) is 24.4 Å². The quantitative estimate of drug-likeness (QED) is 0.776. The zero-order valence-electron chi connectivity index (χ0n) is 11.4. The van der Waals surface area contributed by atoms with Gasteiger partial charge in [-0.1, -0.05) is 0 Å². The van der Waals surface area contributed by atoms with Crippen molar-refractivity contribution < 1.29 is 14.3 Å². The number of benzene rings is 1. The fraction of sp³-hybridized carbons (Fsp3) is 0.429. The molecule has 6 nitrogen and oxygen atoms in total. The molecule has 0 aromatic heterocycles. The topological polar surface area (TPSA) is 93.4 Å². The van der Waals surface area contributed by atoms with Crippen LogP contribution in [-0.4, -0.2) is 31.2 Å². The first-order valence-electron chi connectivity index (χ1n) is 6.63. The Morgan fingerprint density at radius 1 is 1.45 bits per heavy atom. The largest absolute Gasteiger partial charge is 0.376 e.